The van der Waals surface area contributed by atoms with E-state index in [4.69, 9.17) is 10.8 Å². The molecule has 2 aliphatic rings. The highest BCUT2D eigenvalue weighted by atomic mass is 15.6. The summed E-state index contributed by atoms with van der Waals surface area (Å²) in [7, 11) is 2.05. The molecule has 0 saturated heterocycles. The van der Waals surface area contributed by atoms with Gasteiger partial charge in [0.1, 0.15) is 11.9 Å². The van der Waals surface area contributed by atoms with Gasteiger partial charge in [-0.25, -0.2) is 0 Å². The molecular formula is C19H22N5+. The van der Waals surface area contributed by atoms with Crippen LogP contribution in [0.3, 0.4) is 0 Å². The summed E-state index contributed by atoms with van der Waals surface area (Å²) in [5.41, 5.74) is 4.05. The maximum atomic E-state index is 6.74. The molecule has 24 heavy (non-hydrogen) atoms. The summed E-state index contributed by atoms with van der Waals surface area (Å²) in [6, 6.07) is 8.48. The van der Waals surface area contributed by atoms with Crippen LogP contribution in [0.1, 0.15) is 26.3 Å². The Morgan fingerprint density at radius 1 is 1.17 bits per heavy atom. The van der Waals surface area contributed by atoms with Gasteiger partial charge in [-0.05, 0) is 24.3 Å². The molecule has 1 atom stereocenters. The van der Waals surface area contributed by atoms with Gasteiger partial charge >= 0.3 is 0 Å². The van der Waals surface area contributed by atoms with Crippen molar-refractivity contribution in [2.45, 2.75) is 20.8 Å². The molecule has 2 N–H and O–H groups in total. The van der Waals surface area contributed by atoms with E-state index >= 15 is 0 Å². The zero-order chi connectivity index (χ0) is 17.1. The fourth-order valence-electron chi connectivity index (χ4n) is 3.35. The quantitative estimate of drug-likeness (QED) is 0.635. The Labute approximate surface area is 141 Å². The first-order chi connectivity index (χ1) is 11.3. The van der Waals surface area contributed by atoms with Crippen molar-refractivity contribution >= 4 is 23.0 Å². The van der Waals surface area contributed by atoms with Crippen LogP contribution >= 0.6 is 0 Å². The average molecular weight is 320 g/mol. The Balaban J connectivity index is 1.91. The zero-order valence-electron chi connectivity index (χ0n) is 14.5. The standard InChI is InChI=1S/C19H22N5/c1-19(2,3)17-16-12-21-8-10-24(16,20)18(22-17)14-5-6-15-13(11-14)7-9-23(15)4/h5-12H,20H2,1-4H3/q+1. The van der Waals surface area contributed by atoms with Crippen LogP contribution in [0.2, 0.25) is 0 Å². The highest BCUT2D eigenvalue weighted by molar-refractivity contribution is 6.02. The van der Waals surface area contributed by atoms with E-state index in [2.05, 4.69) is 60.8 Å². The van der Waals surface area contributed by atoms with Crippen molar-refractivity contribution in [1.82, 2.24) is 4.57 Å². The van der Waals surface area contributed by atoms with E-state index in [1.165, 1.54) is 10.9 Å². The van der Waals surface area contributed by atoms with Gasteiger partial charge in [0.05, 0.1) is 18.0 Å². The van der Waals surface area contributed by atoms with Gasteiger partial charge < -0.3 is 4.57 Å². The smallest absolute Gasteiger partial charge is 0.264 e. The fourth-order valence-corrected chi connectivity index (χ4v) is 3.35. The number of nitrogens with two attached hydrogens (primary N) is 1. The predicted octanol–water partition coefficient (Wildman–Crippen LogP) is 3.44. The average Bonchev–Trinajstić information content (AvgIpc) is 3.04. The molecule has 122 valence electrons. The number of aryl methyl sites for hydroxylation is 1. The number of aliphatic imine (C=N–C) groups is 2. The summed E-state index contributed by atoms with van der Waals surface area (Å²) in [5, 5.41) is 1.18. The second-order valence-electron chi connectivity index (χ2n) is 7.47. The van der Waals surface area contributed by atoms with Crippen molar-refractivity contribution in [2.24, 2.45) is 28.3 Å². The van der Waals surface area contributed by atoms with Crippen LogP contribution in [-0.4, -0.2) is 21.2 Å². The zero-order valence-corrected chi connectivity index (χ0v) is 14.5. The number of rotatable bonds is 1. The van der Waals surface area contributed by atoms with Crippen molar-refractivity contribution in [3.8, 4) is 0 Å². The van der Waals surface area contributed by atoms with Crippen molar-refractivity contribution in [3.05, 3.63) is 59.8 Å². The van der Waals surface area contributed by atoms with E-state index in [1.54, 1.807) is 6.20 Å². The molecule has 1 aromatic heterocycles. The minimum absolute atomic E-state index is 0.0778. The number of fused-ring (bicyclic) bond motifs is 2. The Kier molecular flexibility index (Phi) is 2.98. The minimum Gasteiger partial charge on any atom is -0.351 e. The van der Waals surface area contributed by atoms with Crippen LogP contribution in [0.4, 0.5) is 0 Å². The molecule has 1 aromatic carbocycles. The molecule has 1 unspecified atom stereocenters. The van der Waals surface area contributed by atoms with E-state index in [0.717, 1.165) is 22.8 Å². The molecule has 3 heterocycles. The van der Waals surface area contributed by atoms with Gasteiger partial charge in [-0.1, -0.05) is 20.8 Å². The highest BCUT2D eigenvalue weighted by Gasteiger charge is 2.46. The summed E-state index contributed by atoms with van der Waals surface area (Å²) in [6.07, 6.45) is 7.53. The molecule has 0 radical (unpaired) electrons. The van der Waals surface area contributed by atoms with Gasteiger partial charge in [0.25, 0.3) is 5.84 Å². The lowest BCUT2D eigenvalue weighted by Gasteiger charge is -2.27. The van der Waals surface area contributed by atoms with E-state index in [1.807, 2.05) is 19.5 Å². The molecule has 2 aromatic rings. The lowest BCUT2D eigenvalue weighted by atomic mass is 9.91. The van der Waals surface area contributed by atoms with Crippen molar-refractivity contribution in [3.63, 3.8) is 0 Å². The number of allylic oxidation sites excluding steroid dienone is 2. The van der Waals surface area contributed by atoms with Gasteiger partial charge in [-0.2, -0.15) is 10.8 Å². The topological polar surface area (TPSA) is 55.7 Å². The molecule has 0 saturated carbocycles. The van der Waals surface area contributed by atoms with Crippen LogP contribution in [-0.2, 0) is 7.05 Å². The SMILES string of the molecule is Cn1ccc2cc(C3=NC(C(C)(C)C)=C4C=NC=C[N+]34N)ccc21. The number of aromatic nitrogens is 1. The van der Waals surface area contributed by atoms with Crippen molar-refractivity contribution < 1.29 is 4.59 Å². The summed E-state index contributed by atoms with van der Waals surface area (Å²) < 4.78 is 2.19. The Bertz CT molecular complexity index is 965. The largest absolute Gasteiger partial charge is 0.351 e. The van der Waals surface area contributed by atoms with E-state index < -0.39 is 0 Å². The Morgan fingerprint density at radius 2 is 1.96 bits per heavy atom. The first-order valence-corrected chi connectivity index (χ1v) is 8.09. The van der Waals surface area contributed by atoms with Crippen LogP contribution in [0.5, 0.6) is 0 Å². The molecule has 5 heteroatoms. The number of quaternary nitrogens is 1. The van der Waals surface area contributed by atoms with Crippen LogP contribution < -0.4 is 5.84 Å². The highest BCUT2D eigenvalue weighted by Crippen LogP contribution is 2.39. The number of nitrogens with zero attached hydrogens (tertiary/aromatic N) is 4. The van der Waals surface area contributed by atoms with E-state index in [0.29, 0.717) is 0 Å². The first-order valence-electron chi connectivity index (χ1n) is 8.09. The molecule has 0 amide bonds. The predicted molar refractivity (Wildman–Crippen MR) is 98.0 cm³/mol. The maximum absolute atomic E-state index is 6.74. The molecular weight excluding hydrogens is 298 g/mol. The summed E-state index contributed by atoms with van der Waals surface area (Å²) in [4.78, 5) is 9.23. The number of amidine groups is 1. The van der Waals surface area contributed by atoms with E-state index in [9.17, 15) is 0 Å². The molecule has 0 spiro atoms. The third kappa shape index (κ3) is 2.02. The molecule has 0 fully saturated rings. The minimum atomic E-state index is -0.103. The summed E-state index contributed by atoms with van der Waals surface area (Å²) in [6.45, 7) is 6.45. The lowest BCUT2D eigenvalue weighted by Crippen LogP contribution is -2.53. The normalized spacial score (nSPS) is 23.1. The number of benzene rings is 1. The van der Waals surface area contributed by atoms with Gasteiger partial charge in [-0.3, -0.25) is 4.99 Å². The van der Waals surface area contributed by atoms with Crippen LogP contribution in [0.15, 0.2) is 64.2 Å². The first kappa shape index (κ1) is 15.1. The van der Waals surface area contributed by atoms with Gasteiger partial charge in [-0.15, -0.1) is 4.59 Å². The number of hydrogen-bond donors (Lipinski definition) is 1. The summed E-state index contributed by atoms with van der Waals surface area (Å²) >= 11 is 0. The fraction of sp³-hybridized carbons (Fsp3) is 0.263. The van der Waals surface area contributed by atoms with Crippen LogP contribution in [0.25, 0.3) is 10.9 Å². The molecule has 0 aliphatic carbocycles. The third-order valence-corrected chi connectivity index (χ3v) is 4.65. The molecule has 2 aliphatic heterocycles. The second-order valence-corrected chi connectivity index (χ2v) is 7.47. The maximum Gasteiger partial charge on any atom is 0.264 e. The Morgan fingerprint density at radius 3 is 2.71 bits per heavy atom. The van der Waals surface area contributed by atoms with Crippen molar-refractivity contribution in [2.75, 3.05) is 0 Å². The molecule has 0 bridgehead atoms. The van der Waals surface area contributed by atoms with Crippen molar-refractivity contribution in [1.29, 1.82) is 0 Å². The molecule has 5 nitrogen and oxygen atoms in total. The van der Waals surface area contributed by atoms with Crippen LogP contribution in [0, 0.1) is 5.41 Å². The van der Waals surface area contributed by atoms with Gasteiger partial charge in [0.2, 0.25) is 5.70 Å². The summed E-state index contributed by atoms with van der Waals surface area (Å²) in [5.74, 6) is 7.58. The monoisotopic (exact) mass is 320 g/mol. The lowest BCUT2D eigenvalue weighted by molar-refractivity contribution is -0.750. The van der Waals surface area contributed by atoms with Gasteiger partial charge in [0.15, 0.2) is 0 Å². The number of hydrogen-bond acceptors (Lipinski definition) is 3. The Hall–Kier alpha value is -2.50. The second kappa shape index (κ2) is 4.75. The van der Waals surface area contributed by atoms with Gasteiger partial charge in [0, 0.05) is 29.6 Å². The third-order valence-electron chi connectivity index (χ3n) is 4.65. The molecule has 4 rings (SSSR count). The van der Waals surface area contributed by atoms with E-state index in [-0.39, 0.29) is 10.0 Å².